The van der Waals surface area contributed by atoms with Crippen molar-refractivity contribution in [2.45, 2.75) is 198 Å². The number of rotatable bonds is 6. The molecule has 28 heteroatoms. The van der Waals surface area contributed by atoms with Crippen LogP contribution in [0.3, 0.4) is 0 Å². The molecule has 0 aromatic carbocycles. The van der Waals surface area contributed by atoms with Crippen molar-refractivity contribution in [3.05, 3.63) is 0 Å². The Morgan fingerprint density at radius 2 is 0.455 bits per heavy atom. The van der Waals surface area contributed by atoms with Gasteiger partial charge in [0.1, 0.15) is 128 Å². The summed E-state index contributed by atoms with van der Waals surface area (Å²) in [5.41, 5.74) is 0. The molecule has 0 saturated carbocycles. The average molecular weight is 969 g/mol. The quantitative estimate of drug-likeness (QED) is 0.117. The van der Waals surface area contributed by atoms with Crippen molar-refractivity contribution in [1.29, 1.82) is 0 Å². The number of aliphatic hydroxyl groups is 16. The molecule has 0 radical (unpaired) electrons. The molecule has 0 aliphatic carbocycles. The zero-order valence-electron chi connectivity index (χ0n) is 35.6. The SMILES string of the molecule is CCC1OC2OC3C(CO)OC(OC4C(CO)OC(OC5C(CO)OC(OC6C(CO)OC(OC7C(CO)OC(OC1C(O)C2O)C(O)C7O)C(O)C6O)C(O)C5C)C(O)C4O)C(O)C3O. The summed E-state index contributed by atoms with van der Waals surface area (Å²) >= 11 is 0. The highest BCUT2D eigenvalue weighted by Gasteiger charge is 2.58. The zero-order valence-corrected chi connectivity index (χ0v) is 35.6. The molecule has 28 nitrogen and oxygen atoms in total. The van der Waals surface area contributed by atoms with Crippen molar-refractivity contribution in [2.24, 2.45) is 5.92 Å². The molecule has 0 spiro atoms. The van der Waals surface area contributed by atoms with E-state index in [0.29, 0.717) is 0 Å². The van der Waals surface area contributed by atoms with E-state index in [1.807, 2.05) is 0 Å². The summed E-state index contributed by atoms with van der Waals surface area (Å²) in [7, 11) is 0. The lowest BCUT2D eigenvalue weighted by molar-refractivity contribution is -0.402. The van der Waals surface area contributed by atoms with E-state index in [1.54, 1.807) is 6.92 Å². The van der Waals surface area contributed by atoms with E-state index < -0.39 is 217 Å². The maximum Gasteiger partial charge on any atom is 0.187 e. The predicted molar refractivity (Wildman–Crippen MR) is 202 cm³/mol. The third-order valence-electron chi connectivity index (χ3n) is 13.3. The summed E-state index contributed by atoms with van der Waals surface area (Å²) in [6.45, 7) is -1.52. The van der Waals surface area contributed by atoms with E-state index in [2.05, 4.69) is 0 Å². The molecule has 30 unspecified atom stereocenters. The van der Waals surface area contributed by atoms with Crippen LogP contribution < -0.4 is 0 Å². The van der Waals surface area contributed by atoms with E-state index >= 15 is 0 Å². The van der Waals surface area contributed by atoms with Gasteiger partial charge in [0.15, 0.2) is 37.7 Å². The second-order valence-corrected chi connectivity index (χ2v) is 17.4. The Labute approximate surface area is 375 Å². The van der Waals surface area contributed by atoms with E-state index in [0.717, 1.165) is 0 Å². The summed E-state index contributed by atoms with van der Waals surface area (Å²) in [4.78, 5) is 0. The highest BCUT2D eigenvalue weighted by Crippen LogP contribution is 2.39. The van der Waals surface area contributed by atoms with Gasteiger partial charge in [-0.25, -0.2) is 0 Å². The molecule has 22 rings (SSSR count). The van der Waals surface area contributed by atoms with Crippen LogP contribution in [0, 0.1) is 5.92 Å². The van der Waals surface area contributed by atoms with Crippen LogP contribution in [-0.4, -0.2) is 293 Å². The Morgan fingerprint density at radius 3 is 0.697 bits per heavy atom. The van der Waals surface area contributed by atoms with E-state index in [1.165, 1.54) is 6.92 Å². The summed E-state index contributed by atoms with van der Waals surface area (Å²) < 4.78 is 69.6. The van der Waals surface area contributed by atoms with E-state index in [4.69, 9.17) is 56.8 Å². The summed E-state index contributed by atoms with van der Waals surface area (Å²) in [5.74, 6) is -1.09. The second kappa shape index (κ2) is 22.1. The van der Waals surface area contributed by atoms with Crippen LogP contribution in [0.2, 0.25) is 0 Å². The van der Waals surface area contributed by atoms with Crippen LogP contribution in [0.15, 0.2) is 0 Å². The van der Waals surface area contributed by atoms with Crippen LogP contribution in [0.4, 0.5) is 0 Å². The predicted octanol–water partition coefficient (Wildman–Crippen LogP) is -10.4. The van der Waals surface area contributed by atoms with Crippen molar-refractivity contribution in [3.63, 3.8) is 0 Å². The van der Waals surface area contributed by atoms with Crippen molar-refractivity contribution in [3.8, 4) is 0 Å². The van der Waals surface area contributed by atoms with Crippen LogP contribution >= 0.6 is 0 Å². The Kier molecular flexibility index (Phi) is 17.7. The fourth-order valence-electron chi connectivity index (χ4n) is 9.36. The molecule has 66 heavy (non-hydrogen) atoms. The third-order valence-corrected chi connectivity index (χ3v) is 13.3. The number of aliphatic hydroxyl groups excluding tert-OH is 16. The molecule has 0 aromatic heterocycles. The fraction of sp³-hybridized carbons (Fsp3) is 1.00. The maximum absolute atomic E-state index is 11.4. The molecule has 22 saturated heterocycles. The molecular formula is C38H64O28. The van der Waals surface area contributed by atoms with Crippen LogP contribution in [0.5, 0.6) is 0 Å². The summed E-state index contributed by atoms with van der Waals surface area (Å²) in [6.07, 6.45) is -51.6. The molecule has 384 valence electrons. The second-order valence-electron chi connectivity index (χ2n) is 17.4. The topological polar surface area (TPSA) is 434 Å². The first-order chi connectivity index (χ1) is 31.4. The zero-order chi connectivity index (χ0) is 48.0. The summed E-state index contributed by atoms with van der Waals surface area (Å²) in [5, 5.41) is 176. The van der Waals surface area contributed by atoms with Crippen LogP contribution in [0.1, 0.15) is 20.3 Å². The van der Waals surface area contributed by atoms with Gasteiger partial charge in [-0.15, -0.1) is 0 Å². The molecule has 22 aliphatic heterocycles. The Hall–Kier alpha value is -1.12. The van der Waals surface area contributed by atoms with Gasteiger partial charge >= 0.3 is 0 Å². The van der Waals surface area contributed by atoms with Crippen molar-refractivity contribution in [2.75, 3.05) is 33.0 Å². The van der Waals surface area contributed by atoms with Gasteiger partial charge in [-0.05, 0) is 6.42 Å². The minimum Gasteiger partial charge on any atom is -0.394 e. The molecule has 0 aromatic rings. The Bertz CT molecular complexity index is 1230. The lowest BCUT2D eigenvalue weighted by atomic mass is 9.89. The summed E-state index contributed by atoms with van der Waals surface area (Å²) in [6, 6.07) is 0. The van der Waals surface area contributed by atoms with Gasteiger partial charge in [-0.2, -0.15) is 0 Å². The van der Waals surface area contributed by atoms with Crippen molar-refractivity contribution >= 4 is 0 Å². The molecule has 22 heterocycles. The molecule has 12 bridgehead atoms. The molecule has 22 aliphatic rings. The Morgan fingerprint density at radius 1 is 0.258 bits per heavy atom. The van der Waals surface area contributed by atoms with Gasteiger partial charge < -0.3 is 139 Å². The molecular weight excluding hydrogens is 904 g/mol. The van der Waals surface area contributed by atoms with Crippen molar-refractivity contribution in [1.82, 2.24) is 0 Å². The third kappa shape index (κ3) is 10.0. The minimum absolute atomic E-state index is 0.0135. The number of hydrogen-bond donors (Lipinski definition) is 16. The van der Waals surface area contributed by atoms with Gasteiger partial charge in [-0.1, -0.05) is 13.8 Å². The fourth-order valence-corrected chi connectivity index (χ4v) is 9.36. The first-order valence-electron chi connectivity index (χ1n) is 21.8. The maximum atomic E-state index is 11.4. The smallest absolute Gasteiger partial charge is 0.187 e. The number of ether oxygens (including phenoxy) is 12. The molecule has 30 atom stereocenters. The molecule has 0 amide bonds. The number of hydrogen-bond acceptors (Lipinski definition) is 28. The van der Waals surface area contributed by atoms with Crippen LogP contribution in [0.25, 0.3) is 0 Å². The van der Waals surface area contributed by atoms with Gasteiger partial charge in [0.2, 0.25) is 0 Å². The van der Waals surface area contributed by atoms with Gasteiger partial charge in [-0.3, -0.25) is 0 Å². The van der Waals surface area contributed by atoms with E-state index in [9.17, 15) is 81.7 Å². The van der Waals surface area contributed by atoms with Gasteiger partial charge in [0, 0.05) is 5.92 Å². The highest BCUT2D eigenvalue weighted by molar-refractivity contribution is 5.00. The van der Waals surface area contributed by atoms with E-state index in [-0.39, 0.29) is 6.42 Å². The highest BCUT2D eigenvalue weighted by atomic mass is 16.8. The van der Waals surface area contributed by atoms with Gasteiger partial charge in [0.25, 0.3) is 0 Å². The molecule has 22 fully saturated rings. The van der Waals surface area contributed by atoms with Crippen LogP contribution in [-0.2, 0) is 56.8 Å². The largest absolute Gasteiger partial charge is 0.394 e. The first kappa shape index (κ1) is 52.7. The first-order valence-corrected chi connectivity index (χ1v) is 21.8. The minimum atomic E-state index is -2.07. The standard InChI is InChI=1S/C38H64O28/c1-3-10-28-17(45)22(50)34(55-10)64-30-14(7-42)60-38(26(54)21(30)49)65-31-13(6-41)57-35(23(51)18(31)46)61-27-9(2)16(44)33(56-11(27)4-39)63-29-12(5-40)59-37(25(53)19(29)47)66-32-15(8-43)58-36(62-28)24(52)20(32)48/h9-54H,3-8H2,1-2H3. The Balaban J connectivity index is 1.19. The lowest BCUT2D eigenvalue weighted by Crippen LogP contribution is -2.68. The monoisotopic (exact) mass is 968 g/mol. The average Bonchev–Trinajstić information content (AvgIpc) is 3.31. The molecule has 16 N–H and O–H groups in total. The van der Waals surface area contributed by atoms with Gasteiger partial charge in [0.05, 0.1) is 45.2 Å². The normalized spacial score (nSPS) is 55.4. The lowest BCUT2D eigenvalue weighted by Gasteiger charge is -2.51. The van der Waals surface area contributed by atoms with Crippen molar-refractivity contribution < 1.29 is 139 Å².